The van der Waals surface area contributed by atoms with E-state index >= 15 is 0 Å². The molecule has 4 heteroatoms. The molecule has 0 saturated heterocycles. The van der Waals surface area contributed by atoms with Gasteiger partial charge in [-0.05, 0) is 19.4 Å². The highest BCUT2D eigenvalue weighted by atomic mass is 32.2. The second-order valence-corrected chi connectivity index (χ2v) is 5.26. The Morgan fingerprint density at radius 2 is 1.93 bits per heavy atom. The molecule has 76 valence electrons. The topological polar surface area (TPSA) is 55.5 Å². The first-order chi connectivity index (χ1) is 6.50. The highest BCUT2D eigenvalue weighted by Gasteiger charge is 2.18. The van der Waals surface area contributed by atoms with Gasteiger partial charge in [-0.15, -0.1) is 0 Å². The Kier molecular flexibility index (Phi) is 3.55. The molecule has 1 aromatic carbocycles. The molecule has 0 amide bonds. The van der Waals surface area contributed by atoms with Crippen molar-refractivity contribution in [2.75, 3.05) is 0 Å². The smallest absolute Gasteiger partial charge is 0.159 e. The Hall–Kier alpha value is -1.00. The van der Waals surface area contributed by atoms with Gasteiger partial charge >= 0.3 is 0 Å². The van der Waals surface area contributed by atoms with Crippen LogP contribution in [0, 0.1) is 0 Å². The summed E-state index contributed by atoms with van der Waals surface area (Å²) in [6.07, 6.45) is 1.57. The molecule has 1 atom stereocenters. The molecule has 0 radical (unpaired) electrons. The first-order valence-corrected chi connectivity index (χ1v) is 5.41. The molecular formula is C10H14N2OS. The summed E-state index contributed by atoms with van der Waals surface area (Å²) < 4.78 is 15.3. The molecule has 2 N–H and O–H groups in total. The number of benzene rings is 1. The molecule has 1 rings (SSSR count). The van der Waals surface area contributed by atoms with E-state index in [9.17, 15) is 4.21 Å². The molecular weight excluding hydrogens is 196 g/mol. The first kappa shape index (κ1) is 11.1. The van der Waals surface area contributed by atoms with Crippen LogP contribution >= 0.6 is 0 Å². The van der Waals surface area contributed by atoms with Crippen LogP contribution in [0.1, 0.15) is 19.4 Å². The number of nitrogens with two attached hydrogens (primary N) is 1. The van der Waals surface area contributed by atoms with E-state index in [1.165, 1.54) is 0 Å². The van der Waals surface area contributed by atoms with E-state index in [1.54, 1.807) is 20.1 Å². The summed E-state index contributed by atoms with van der Waals surface area (Å²) >= 11 is 0. The average molecular weight is 210 g/mol. The highest BCUT2D eigenvalue weighted by Crippen LogP contribution is 2.05. The van der Waals surface area contributed by atoms with Crippen LogP contribution in [0.25, 0.3) is 0 Å². The quantitative estimate of drug-likeness (QED) is 0.768. The fourth-order valence-electron chi connectivity index (χ4n) is 0.784. The molecule has 0 aliphatic carbocycles. The van der Waals surface area contributed by atoms with Crippen LogP contribution in [0.4, 0.5) is 0 Å². The minimum absolute atomic E-state index is 0.786. The van der Waals surface area contributed by atoms with Gasteiger partial charge in [0.05, 0.1) is 0 Å². The van der Waals surface area contributed by atoms with Gasteiger partial charge in [0.1, 0.15) is 4.87 Å². The maximum Gasteiger partial charge on any atom is 0.159 e. The van der Waals surface area contributed by atoms with Gasteiger partial charge < -0.3 is 5.73 Å². The molecule has 14 heavy (non-hydrogen) atoms. The van der Waals surface area contributed by atoms with E-state index in [1.807, 2.05) is 30.3 Å². The number of rotatable bonds is 3. The van der Waals surface area contributed by atoms with Crippen LogP contribution in [0.2, 0.25) is 0 Å². The average Bonchev–Trinajstić information content (AvgIpc) is 2.14. The van der Waals surface area contributed by atoms with Crippen LogP contribution in [-0.2, 0) is 11.0 Å². The summed E-state index contributed by atoms with van der Waals surface area (Å²) in [6.45, 7) is 3.37. The lowest BCUT2D eigenvalue weighted by molar-refractivity contribution is 0.640. The zero-order valence-corrected chi connectivity index (χ0v) is 9.12. The second kappa shape index (κ2) is 4.48. The van der Waals surface area contributed by atoms with Gasteiger partial charge in [-0.25, -0.2) is 4.21 Å². The van der Waals surface area contributed by atoms with Crippen molar-refractivity contribution in [2.45, 2.75) is 18.7 Å². The van der Waals surface area contributed by atoms with Crippen LogP contribution in [0.5, 0.6) is 0 Å². The Morgan fingerprint density at radius 3 is 2.43 bits per heavy atom. The minimum Gasteiger partial charge on any atom is -0.314 e. The zero-order chi connectivity index (χ0) is 10.6. The van der Waals surface area contributed by atoms with E-state index in [0.29, 0.717) is 0 Å². The normalized spacial score (nSPS) is 14.5. The lowest BCUT2D eigenvalue weighted by Crippen LogP contribution is -2.36. The van der Waals surface area contributed by atoms with E-state index in [2.05, 4.69) is 4.40 Å². The van der Waals surface area contributed by atoms with Crippen LogP contribution in [0.3, 0.4) is 0 Å². The summed E-state index contributed by atoms with van der Waals surface area (Å²) in [5, 5.41) is 0. The van der Waals surface area contributed by atoms with Gasteiger partial charge in [0, 0.05) is 6.21 Å². The van der Waals surface area contributed by atoms with Crippen LogP contribution in [-0.4, -0.2) is 15.3 Å². The predicted molar refractivity (Wildman–Crippen MR) is 60.4 cm³/mol. The third-order valence-corrected chi connectivity index (χ3v) is 2.74. The maximum absolute atomic E-state index is 11.4. The summed E-state index contributed by atoms with van der Waals surface area (Å²) in [4.78, 5) is -0.786. The minimum atomic E-state index is -1.39. The third kappa shape index (κ3) is 3.40. The van der Waals surface area contributed by atoms with Gasteiger partial charge in [0.15, 0.2) is 11.0 Å². The largest absolute Gasteiger partial charge is 0.314 e. The van der Waals surface area contributed by atoms with Crippen molar-refractivity contribution in [1.29, 1.82) is 0 Å². The SMILES string of the molecule is CC(C)(N)[S@@](=O)/N=C/c1ccccc1. The lowest BCUT2D eigenvalue weighted by Gasteiger charge is -2.12. The Labute approximate surface area is 86.6 Å². The van der Waals surface area contributed by atoms with Crippen LogP contribution < -0.4 is 5.73 Å². The van der Waals surface area contributed by atoms with Crippen molar-refractivity contribution in [3.8, 4) is 0 Å². The van der Waals surface area contributed by atoms with Crippen molar-refractivity contribution in [2.24, 2.45) is 10.1 Å². The summed E-state index contributed by atoms with van der Waals surface area (Å²) in [6, 6.07) is 9.51. The van der Waals surface area contributed by atoms with Crippen molar-refractivity contribution >= 4 is 17.2 Å². The van der Waals surface area contributed by atoms with Gasteiger partial charge in [-0.3, -0.25) is 0 Å². The van der Waals surface area contributed by atoms with Crippen molar-refractivity contribution in [3.05, 3.63) is 35.9 Å². The zero-order valence-electron chi connectivity index (χ0n) is 8.31. The molecule has 0 aliphatic rings. The predicted octanol–water partition coefficient (Wildman–Crippen LogP) is 1.46. The maximum atomic E-state index is 11.4. The fraction of sp³-hybridized carbons (Fsp3) is 0.300. The van der Waals surface area contributed by atoms with Gasteiger partial charge in [-0.1, -0.05) is 30.3 Å². The molecule has 0 spiro atoms. The number of nitrogens with zero attached hydrogens (tertiary/aromatic N) is 1. The monoisotopic (exact) mass is 210 g/mol. The van der Waals surface area contributed by atoms with Crippen LogP contribution in [0.15, 0.2) is 34.7 Å². The van der Waals surface area contributed by atoms with E-state index < -0.39 is 15.9 Å². The second-order valence-electron chi connectivity index (χ2n) is 3.50. The number of hydrogen-bond donors (Lipinski definition) is 1. The van der Waals surface area contributed by atoms with Crippen molar-refractivity contribution < 1.29 is 4.21 Å². The molecule has 0 fully saturated rings. The Morgan fingerprint density at radius 1 is 1.36 bits per heavy atom. The molecule has 0 heterocycles. The molecule has 0 aliphatic heterocycles. The lowest BCUT2D eigenvalue weighted by atomic mass is 10.2. The number of hydrogen-bond acceptors (Lipinski definition) is 2. The molecule has 3 nitrogen and oxygen atoms in total. The van der Waals surface area contributed by atoms with Crippen molar-refractivity contribution in [1.82, 2.24) is 0 Å². The molecule has 0 saturated carbocycles. The molecule has 0 aromatic heterocycles. The summed E-state index contributed by atoms with van der Waals surface area (Å²) in [7, 11) is -1.39. The highest BCUT2D eigenvalue weighted by molar-refractivity contribution is 7.85. The third-order valence-electron chi connectivity index (χ3n) is 1.55. The Bertz CT molecular complexity index is 341. The van der Waals surface area contributed by atoms with Gasteiger partial charge in [0.2, 0.25) is 0 Å². The Balaban J connectivity index is 2.71. The van der Waals surface area contributed by atoms with Gasteiger partial charge in [0.25, 0.3) is 0 Å². The first-order valence-electron chi connectivity index (χ1n) is 4.30. The molecule has 0 unspecified atom stereocenters. The standard InChI is InChI=1S/C10H14N2OS/c1-10(2,11)14(13)12-8-9-6-4-3-5-7-9/h3-8H,11H2,1-2H3/b12-8+/t14-/m1/s1. The summed E-state index contributed by atoms with van der Waals surface area (Å²) in [5.74, 6) is 0. The van der Waals surface area contributed by atoms with E-state index in [0.717, 1.165) is 5.56 Å². The fourth-order valence-corrected chi connectivity index (χ4v) is 1.27. The summed E-state index contributed by atoms with van der Waals surface area (Å²) in [5.41, 5.74) is 6.55. The van der Waals surface area contributed by atoms with Gasteiger partial charge in [-0.2, -0.15) is 4.40 Å². The van der Waals surface area contributed by atoms with E-state index in [-0.39, 0.29) is 0 Å². The van der Waals surface area contributed by atoms with E-state index in [4.69, 9.17) is 5.73 Å². The molecule has 0 bridgehead atoms. The van der Waals surface area contributed by atoms with Crippen molar-refractivity contribution in [3.63, 3.8) is 0 Å². The molecule has 1 aromatic rings.